The molecule has 0 heterocycles. The Morgan fingerprint density at radius 1 is 1.42 bits per heavy atom. The molecular weight excluding hydrogens is 197 g/mol. The summed E-state index contributed by atoms with van der Waals surface area (Å²) in [5.74, 6) is 0. The van der Waals surface area contributed by atoms with Crippen molar-refractivity contribution >= 4 is 10.1 Å². The Labute approximate surface area is 68.0 Å². The van der Waals surface area contributed by atoms with Crippen LogP contribution in [0.25, 0.3) is 0 Å². The van der Waals surface area contributed by atoms with Crippen molar-refractivity contribution < 1.29 is 25.8 Å². The van der Waals surface area contributed by atoms with Gasteiger partial charge in [0.05, 0.1) is 6.61 Å². The van der Waals surface area contributed by atoms with E-state index in [1.54, 1.807) is 0 Å². The summed E-state index contributed by atoms with van der Waals surface area (Å²) in [5, 5.41) is 0. The second-order valence-electron chi connectivity index (χ2n) is 1.80. The van der Waals surface area contributed by atoms with Gasteiger partial charge >= 0.3 is 15.6 Å². The first-order valence-electron chi connectivity index (χ1n) is 2.88. The van der Waals surface area contributed by atoms with E-state index in [1.165, 1.54) is 6.08 Å². The maximum absolute atomic E-state index is 11.5. The van der Waals surface area contributed by atoms with Crippen molar-refractivity contribution in [2.24, 2.45) is 0 Å². The third kappa shape index (κ3) is 3.22. The molecule has 0 aliphatic rings. The molecule has 0 amide bonds. The summed E-state index contributed by atoms with van der Waals surface area (Å²) in [4.78, 5) is 0. The molecular formula is C5H7F3O3S. The van der Waals surface area contributed by atoms with Crippen LogP contribution in [0.2, 0.25) is 0 Å². The molecule has 0 aliphatic carbocycles. The summed E-state index contributed by atoms with van der Waals surface area (Å²) in [6, 6.07) is 0. The predicted molar refractivity (Wildman–Crippen MR) is 35.7 cm³/mol. The zero-order chi connectivity index (χ0) is 9.83. The molecule has 0 aromatic heterocycles. The summed E-state index contributed by atoms with van der Waals surface area (Å²) in [7, 11) is -5.42. The molecule has 0 saturated heterocycles. The van der Waals surface area contributed by atoms with E-state index in [4.69, 9.17) is 0 Å². The number of hydrogen-bond acceptors (Lipinski definition) is 3. The highest BCUT2D eigenvalue weighted by molar-refractivity contribution is 7.87. The Morgan fingerprint density at radius 2 is 1.92 bits per heavy atom. The predicted octanol–water partition coefficient (Wildman–Crippen LogP) is 1.43. The van der Waals surface area contributed by atoms with Crippen molar-refractivity contribution in [1.82, 2.24) is 0 Å². The van der Waals surface area contributed by atoms with Crippen molar-refractivity contribution in [2.45, 2.75) is 11.9 Å². The van der Waals surface area contributed by atoms with Gasteiger partial charge in [0.15, 0.2) is 0 Å². The molecule has 3 nitrogen and oxygen atoms in total. The van der Waals surface area contributed by atoms with Gasteiger partial charge in [0, 0.05) is 0 Å². The van der Waals surface area contributed by atoms with Crippen LogP contribution in [0.1, 0.15) is 6.42 Å². The van der Waals surface area contributed by atoms with E-state index in [-0.39, 0.29) is 6.42 Å². The summed E-state index contributed by atoms with van der Waals surface area (Å²) in [5.41, 5.74) is -5.34. The SMILES string of the molecule is C=CCCOS(=O)(=O)C(F)(F)F. The monoisotopic (exact) mass is 204 g/mol. The van der Waals surface area contributed by atoms with Crippen LogP contribution in [0.4, 0.5) is 13.2 Å². The average molecular weight is 204 g/mol. The maximum atomic E-state index is 11.5. The molecule has 0 aromatic rings. The van der Waals surface area contributed by atoms with E-state index in [0.717, 1.165) is 0 Å². The molecule has 0 unspecified atom stereocenters. The first kappa shape index (κ1) is 11.4. The van der Waals surface area contributed by atoms with Gasteiger partial charge in [0.25, 0.3) is 0 Å². The fourth-order valence-electron chi connectivity index (χ4n) is 0.308. The van der Waals surface area contributed by atoms with E-state index in [9.17, 15) is 21.6 Å². The van der Waals surface area contributed by atoms with Crippen LogP contribution in [-0.2, 0) is 14.3 Å². The lowest BCUT2D eigenvalue weighted by Gasteiger charge is -2.06. The minimum atomic E-state index is -5.42. The van der Waals surface area contributed by atoms with Gasteiger partial charge in [-0.25, -0.2) is 0 Å². The molecule has 0 aliphatic heterocycles. The molecule has 7 heteroatoms. The maximum Gasteiger partial charge on any atom is 0.523 e. The fourth-order valence-corrected chi connectivity index (χ4v) is 0.757. The van der Waals surface area contributed by atoms with Gasteiger partial charge in [-0.05, 0) is 6.42 Å². The number of hydrogen-bond donors (Lipinski definition) is 0. The quantitative estimate of drug-likeness (QED) is 0.301. The lowest BCUT2D eigenvalue weighted by atomic mass is 10.5. The Morgan fingerprint density at radius 3 is 2.25 bits per heavy atom. The van der Waals surface area contributed by atoms with Crippen molar-refractivity contribution in [3.8, 4) is 0 Å². The number of alkyl halides is 3. The summed E-state index contributed by atoms with van der Waals surface area (Å²) >= 11 is 0. The summed E-state index contributed by atoms with van der Waals surface area (Å²) < 4.78 is 58.5. The van der Waals surface area contributed by atoms with Gasteiger partial charge in [-0.3, -0.25) is 4.18 Å². The van der Waals surface area contributed by atoms with Crippen LogP contribution in [0.5, 0.6) is 0 Å². The van der Waals surface area contributed by atoms with Crippen LogP contribution in [0.15, 0.2) is 12.7 Å². The van der Waals surface area contributed by atoms with Gasteiger partial charge in [-0.2, -0.15) is 21.6 Å². The lowest BCUT2D eigenvalue weighted by Crippen LogP contribution is -2.25. The molecule has 0 aromatic carbocycles. The smallest absolute Gasteiger partial charge is 0.263 e. The molecule has 0 spiro atoms. The molecule has 0 fully saturated rings. The van der Waals surface area contributed by atoms with Crippen LogP contribution in [-0.4, -0.2) is 20.5 Å². The minimum Gasteiger partial charge on any atom is -0.263 e. The van der Waals surface area contributed by atoms with E-state index >= 15 is 0 Å². The number of rotatable bonds is 4. The lowest BCUT2D eigenvalue weighted by molar-refractivity contribution is -0.0541. The standard InChI is InChI=1S/C5H7F3O3S/c1-2-3-4-11-12(9,10)5(6,7)8/h2H,1,3-4H2. The largest absolute Gasteiger partial charge is 0.523 e. The second-order valence-corrected chi connectivity index (χ2v) is 3.41. The van der Waals surface area contributed by atoms with Crippen molar-refractivity contribution in [1.29, 1.82) is 0 Å². The highest BCUT2D eigenvalue weighted by Crippen LogP contribution is 2.24. The van der Waals surface area contributed by atoms with Gasteiger partial charge < -0.3 is 0 Å². The highest BCUT2D eigenvalue weighted by atomic mass is 32.2. The Bertz CT molecular complexity index is 241. The van der Waals surface area contributed by atoms with Crippen molar-refractivity contribution in [3.05, 3.63) is 12.7 Å². The Kier molecular flexibility index (Phi) is 3.72. The molecule has 0 radical (unpaired) electrons. The number of halogens is 3. The van der Waals surface area contributed by atoms with E-state index in [2.05, 4.69) is 10.8 Å². The highest BCUT2D eigenvalue weighted by Gasteiger charge is 2.47. The van der Waals surface area contributed by atoms with Crippen LogP contribution in [0.3, 0.4) is 0 Å². The molecule has 72 valence electrons. The summed E-state index contributed by atoms with van der Waals surface area (Å²) in [6.07, 6.45) is 1.31. The third-order valence-corrected chi connectivity index (χ3v) is 1.89. The third-order valence-electron chi connectivity index (χ3n) is 0.844. The first-order chi connectivity index (χ1) is 5.31. The molecule has 0 rings (SSSR count). The summed E-state index contributed by atoms with van der Waals surface area (Å²) in [6.45, 7) is 2.65. The van der Waals surface area contributed by atoms with Gasteiger partial charge in [0.1, 0.15) is 0 Å². The Hall–Kier alpha value is -0.560. The zero-order valence-corrected chi connectivity index (χ0v) is 6.78. The van der Waals surface area contributed by atoms with Gasteiger partial charge in [0.2, 0.25) is 0 Å². The van der Waals surface area contributed by atoms with Crippen molar-refractivity contribution in [2.75, 3.05) is 6.61 Å². The van der Waals surface area contributed by atoms with Crippen LogP contribution >= 0.6 is 0 Å². The van der Waals surface area contributed by atoms with Crippen LogP contribution in [0, 0.1) is 0 Å². The van der Waals surface area contributed by atoms with E-state index < -0.39 is 22.2 Å². The molecule has 12 heavy (non-hydrogen) atoms. The normalized spacial score (nSPS) is 12.9. The Balaban J connectivity index is 4.16. The van der Waals surface area contributed by atoms with E-state index in [0.29, 0.717) is 0 Å². The molecule has 0 N–H and O–H groups in total. The molecule has 0 saturated carbocycles. The molecule has 0 bridgehead atoms. The minimum absolute atomic E-state index is 0.0509. The zero-order valence-electron chi connectivity index (χ0n) is 5.97. The fraction of sp³-hybridized carbons (Fsp3) is 0.600. The van der Waals surface area contributed by atoms with Crippen molar-refractivity contribution in [3.63, 3.8) is 0 Å². The van der Waals surface area contributed by atoms with E-state index in [1.807, 2.05) is 0 Å². The topological polar surface area (TPSA) is 43.4 Å². The van der Waals surface area contributed by atoms with Gasteiger partial charge in [-0.1, -0.05) is 6.08 Å². The average Bonchev–Trinajstić information content (AvgIpc) is 1.85. The second kappa shape index (κ2) is 3.90. The first-order valence-corrected chi connectivity index (χ1v) is 4.28. The van der Waals surface area contributed by atoms with Gasteiger partial charge in [-0.15, -0.1) is 6.58 Å². The van der Waals surface area contributed by atoms with Crippen LogP contribution < -0.4 is 0 Å². The molecule has 0 atom stereocenters.